The minimum atomic E-state index is -4.31. The summed E-state index contributed by atoms with van der Waals surface area (Å²) in [6.45, 7) is 0. The zero-order valence-corrected chi connectivity index (χ0v) is 11.0. The highest BCUT2D eigenvalue weighted by Gasteiger charge is 2.43. The molecule has 20 heavy (non-hydrogen) atoms. The van der Waals surface area contributed by atoms with Gasteiger partial charge in [-0.2, -0.15) is 13.2 Å². The van der Waals surface area contributed by atoms with Crippen molar-refractivity contribution in [1.29, 1.82) is 0 Å². The second kappa shape index (κ2) is 4.74. The van der Waals surface area contributed by atoms with Crippen LogP contribution < -0.4 is 0 Å². The first-order valence-electron chi connectivity index (χ1n) is 6.88. The number of fused-ring (bicyclic) bond motifs is 2. The van der Waals surface area contributed by atoms with Gasteiger partial charge in [0.05, 0.1) is 23.4 Å². The molecule has 0 spiro atoms. The predicted octanol–water partition coefficient (Wildman–Crippen LogP) is 3.32. The zero-order valence-electron chi connectivity index (χ0n) is 11.0. The van der Waals surface area contributed by atoms with Crippen molar-refractivity contribution in [2.24, 2.45) is 0 Å². The van der Waals surface area contributed by atoms with Crippen molar-refractivity contribution in [1.82, 2.24) is 0 Å². The van der Waals surface area contributed by atoms with E-state index >= 15 is 0 Å². The second-order valence-corrected chi connectivity index (χ2v) is 5.96. The van der Waals surface area contributed by atoms with Crippen molar-refractivity contribution >= 4 is 0 Å². The normalized spacial score (nSPS) is 33.4. The van der Waals surface area contributed by atoms with E-state index in [4.69, 9.17) is 4.74 Å². The van der Waals surface area contributed by atoms with E-state index in [0.29, 0.717) is 19.3 Å². The molecule has 5 heteroatoms. The molecule has 2 aliphatic heterocycles. The molecule has 2 fully saturated rings. The van der Waals surface area contributed by atoms with E-state index in [1.165, 1.54) is 12.1 Å². The summed E-state index contributed by atoms with van der Waals surface area (Å²) in [7, 11) is 0. The Hall–Kier alpha value is -1.07. The molecule has 2 bridgehead atoms. The van der Waals surface area contributed by atoms with Crippen LogP contribution in [0.15, 0.2) is 24.3 Å². The fraction of sp³-hybridized carbons (Fsp3) is 0.600. The number of alkyl halides is 3. The Morgan fingerprint density at radius 3 is 2.15 bits per heavy atom. The van der Waals surface area contributed by atoms with Gasteiger partial charge >= 0.3 is 6.18 Å². The Kier molecular flexibility index (Phi) is 3.29. The molecule has 2 atom stereocenters. The largest absolute Gasteiger partial charge is 0.416 e. The van der Waals surface area contributed by atoms with E-state index < -0.39 is 17.3 Å². The van der Waals surface area contributed by atoms with E-state index in [2.05, 4.69) is 0 Å². The van der Waals surface area contributed by atoms with Gasteiger partial charge in [-0.15, -0.1) is 0 Å². The third-order valence-corrected chi connectivity index (χ3v) is 4.23. The molecule has 2 saturated heterocycles. The highest BCUT2D eigenvalue weighted by atomic mass is 19.4. The van der Waals surface area contributed by atoms with E-state index in [9.17, 15) is 18.3 Å². The molecule has 0 aromatic heterocycles. The van der Waals surface area contributed by atoms with Gasteiger partial charge in [0.1, 0.15) is 0 Å². The molecule has 110 valence electrons. The molecular formula is C15H17F3O2. The Balaban J connectivity index is 1.71. The average Bonchev–Trinajstić information content (AvgIpc) is 2.68. The molecule has 2 heterocycles. The van der Waals surface area contributed by atoms with Crippen LogP contribution in [0.25, 0.3) is 0 Å². The second-order valence-electron chi connectivity index (χ2n) is 5.96. The Morgan fingerprint density at radius 2 is 1.65 bits per heavy atom. The van der Waals surface area contributed by atoms with Crippen LogP contribution in [0.1, 0.15) is 36.8 Å². The number of hydrogen-bond acceptors (Lipinski definition) is 2. The number of halogens is 3. The molecule has 3 rings (SSSR count). The van der Waals surface area contributed by atoms with Gasteiger partial charge in [0.15, 0.2) is 0 Å². The minimum absolute atomic E-state index is 0.105. The van der Waals surface area contributed by atoms with Crippen LogP contribution in [0.2, 0.25) is 0 Å². The fourth-order valence-electron chi connectivity index (χ4n) is 3.35. The Bertz CT molecular complexity index is 469. The van der Waals surface area contributed by atoms with Crippen LogP contribution in [0.5, 0.6) is 0 Å². The summed E-state index contributed by atoms with van der Waals surface area (Å²) in [5, 5.41) is 10.6. The lowest BCUT2D eigenvalue weighted by atomic mass is 9.84. The molecule has 0 amide bonds. The molecule has 2 unspecified atom stereocenters. The quantitative estimate of drug-likeness (QED) is 0.903. The maximum atomic E-state index is 12.5. The first-order chi connectivity index (χ1) is 9.34. The summed E-state index contributed by atoms with van der Waals surface area (Å²) < 4.78 is 43.2. The zero-order chi connectivity index (χ0) is 14.4. The average molecular weight is 286 g/mol. The molecule has 1 aromatic rings. The molecule has 2 aliphatic rings. The maximum Gasteiger partial charge on any atom is 0.416 e. The van der Waals surface area contributed by atoms with Crippen LogP contribution >= 0.6 is 0 Å². The molecule has 0 saturated carbocycles. The van der Waals surface area contributed by atoms with Gasteiger partial charge in [-0.3, -0.25) is 0 Å². The smallest absolute Gasteiger partial charge is 0.389 e. The Labute approximate surface area is 115 Å². The molecule has 0 radical (unpaired) electrons. The van der Waals surface area contributed by atoms with Crippen molar-refractivity contribution in [3.05, 3.63) is 35.4 Å². The monoisotopic (exact) mass is 286 g/mol. The van der Waals surface area contributed by atoms with Crippen molar-refractivity contribution in [3.8, 4) is 0 Å². The molecular weight excluding hydrogens is 269 g/mol. The molecule has 1 aromatic carbocycles. The number of rotatable bonds is 2. The highest BCUT2D eigenvalue weighted by molar-refractivity contribution is 5.26. The van der Waals surface area contributed by atoms with Crippen molar-refractivity contribution < 1.29 is 23.0 Å². The summed E-state index contributed by atoms with van der Waals surface area (Å²) in [5.74, 6) is 0. The standard InChI is InChI=1S/C15H17F3O2/c16-15(17,18)11-3-1-10(2-4-11)7-14(19)8-12-5-6-13(9-14)20-12/h1-4,12-13,19H,5-9H2. The Morgan fingerprint density at radius 1 is 1.10 bits per heavy atom. The molecule has 2 nitrogen and oxygen atoms in total. The first kappa shape index (κ1) is 13.9. The SMILES string of the molecule is OC1(Cc2ccc(C(F)(F)F)cc2)CC2CCC(C1)O2. The van der Waals surface area contributed by atoms with Gasteiger partial charge in [-0.1, -0.05) is 12.1 Å². The predicted molar refractivity (Wildman–Crippen MR) is 67.2 cm³/mol. The van der Waals surface area contributed by atoms with Gasteiger partial charge in [0.2, 0.25) is 0 Å². The van der Waals surface area contributed by atoms with E-state index in [-0.39, 0.29) is 12.2 Å². The highest BCUT2D eigenvalue weighted by Crippen LogP contribution is 2.40. The van der Waals surface area contributed by atoms with E-state index in [1.807, 2.05) is 0 Å². The summed E-state index contributed by atoms with van der Waals surface area (Å²) >= 11 is 0. The number of hydrogen-bond donors (Lipinski definition) is 1. The summed E-state index contributed by atoms with van der Waals surface area (Å²) in [6, 6.07) is 5.07. The van der Waals surface area contributed by atoms with Gasteiger partial charge in [-0.25, -0.2) is 0 Å². The van der Waals surface area contributed by atoms with Crippen LogP contribution in [-0.4, -0.2) is 22.9 Å². The minimum Gasteiger partial charge on any atom is -0.389 e. The lowest BCUT2D eigenvalue weighted by Gasteiger charge is -2.36. The lowest BCUT2D eigenvalue weighted by Crippen LogP contribution is -2.42. The van der Waals surface area contributed by atoms with Crippen molar-refractivity contribution in [2.45, 2.75) is 56.1 Å². The lowest BCUT2D eigenvalue weighted by molar-refractivity contribution is -0.137. The summed E-state index contributed by atoms with van der Waals surface area (Å²) in [6.07, 6.45) is -0.620. The molecule has 0 aliphatic carbocycles. The number of benzene rings is 1. The van der Waals surface area contributed by atoms with Gasteiger partial charge in [0, 0.05) is 19.3 Å². The first-order valence-corrected chi connectivity index (χ1v) is 6.88. The molecule has 1 N–H and O–H groups in total. The van der Waals surface area contributed by atoms with Crippen molar-refractivity contribution in [3.63, 3.8) is 0 Å². The van der Waals surface area contributed by atoms with Crippen molar-refractivity contribution in [2.75, 3.05) is 0 Å². The number of aliphatic hydroxyl groups is 1. The van der Waals surface area contributed by atoms with Crippen LogP contribution in [0, 0.1) is 0 Å². The fourth-order valence-corrected chi connectivity index (χ4v) is 3.35. The third kappa shape index (κ3) is 2.83. The van der Waals surface area contributed by atoms with Crippen LogP contribution in [0.3, 0.4) is 0 Å². The van der Waals surface area contributed by atoms with Gasteiger partial charge < -0.3 is 9.84 Å². The summed E-state index contributed by atoms with van der Waals surface area (Å²) in [4.78, 5) is 0. The van der Waals surface area contributed by atoms with Gasteiger partial charge in [0.25, 0.3) is 0 Å². The third-order valence-electron chi connectivity index (χ3n) is 4.23. The number of ether oxygens (including phenoxy) is 1. The van der Waals surface area contributed by atoms with E-state index in [0.717, 1.165) is 30.5 Å². The summed E-state index contributed by atoms with van der Waals surface area (Å²) in [5.41, 5.74) is -0.758. The van der Waals surface area contributed by atoms with E-state index in [1.54, 1.807) is 0 Å². The van der Waals surface area contributed by atoms with Crippen LogP contribution in [0.4, 0.5) is 13.2 Å². The topological polar surface area (TPSA) is 29.5 Å². The van der Waals surface area contributed by atoms with Gasteiger partial charge in [-0.05, 0) is 30.5 Å². The maximum absolute atomic E-state index is 12.5. The van der Waals surface area contributed by atoms with Crippen LogP contribution in [-0.2, 0) is 17.3 Å².